The van der Waals surface area contributed by atoms with Crippen LogP contribution in [-0.4, -0.2) is 37.7 Å². The van der Waals surface area contributed by atoms with E-state index >= 15 is 0 Å². The molecular weight excluding hydrogens is 338 g/mol. The summed E-state index contributed by atoms with van der Waals surface area (Å²) in [5, 5.41) is 18.0. The van der Waals surface area contributed by atoms with Gasteiger partial charge in [-0.15, -0.1) is 0 Å². The summed E-state index contributed by atoms with van der Waals surface area (Å²) >= 11 is 0. The number of unbranched alkanes of at least 4 members (excludes halogenated alkanes) is 1. The van der Waals surface area contributed by atoms with Crippen LogP contribution in [0.3, 0.4) is 0 Å². The smallest absolute Gasteiger partial charge is 0.303 e. The summed E-state index contributed by atoms with van der Waals surface area (Å²) in [5.74, 6) is -1.26. The average molecular weight is 359 g/mol. The van der Waals surface area contributed by atoms with Crippen molar-refractivity contribution in [1.29, 1.82) is 0 Å². The van der Waals surface area contributed by atoms with Crippen LogP contribution >= 0.6 is 0 Å². The molecular formula is C17H21N5O4. The first-order chi connectivity index (χ1) is 12.5. The third kappa shape index (κ3) is 6.00. The Morgan fingerprint density at radius 3 is 2.27 bits per heavy atom. The molecule has 2 rings (SSSR count). The molecule has 1 heterocycles. The fraction of sp³-hybridized carbons (Fsp3) is 0.353. The molecule has 1 atom stereocenters. The van der Waals surface area contributed by atoms with Crippen molar-refractivity contribution < 1.29 is 19.5 Å². The molecule has 1 unspecified atom stereocenters. The lowest BCUT2D eigenvalue weighted by atomic mass is 10.2. The molecule has 0 saturated carbocycles. The van der Waals surface area contributed by atoms with Crippen LogP contribution in [0.15, 0.2) is 36.9 Å². The fourth-order valence-corrected chi connectivity index (χ4v) is 2.21. The number of nitrogens with one attached hydrogen (secondary N) is 2. The van der Waals surface area contributed by atoms with Gasteiger partial charge in [0.05, 0.1) is 0 Å². The molecule has 1 aromatic heterocycles. The number of anilines is 2. The molecule has 138 valence electrons. The quantitative estimate of drug-likeness (QED) is 0.588. The van der Waals surface area contributed by atoms with E-state index in [1.54, 1.807) is 31.2 Å². The molecule has 0 radical (unpaired) electrons. The number of carbonyl (C=O) groups excluding carboxylic acids is 2. The Labute approximate surface area is 150 Å². The Kier molecular flexibility index (Phi) is 6.84. The van der Waals surface area contributed by atoms with E-state index in [9.17, 15) is 14.4 Å². The second kappa shape index (κ2) is 9.30. The molecule has 0 aliphatic carbocycles. The molecule has 2 amide bonds. The highest BCUT2D eigenvalue weighted by molar-refractivity contribution is 5.94. The second-order valence-corrected chi connectivity index (χ2v) is 5.77. The molecule has 0 saturated heterocycles. The highest BCUT2D eigenvalue weighted by Crippen LogP contribution is 2.16. The second-order valence-electron chi connectivity index (χ2n) is 5.77. The lowest BCUT2D eigenvalue weighted by molar-refractivity contribution is -0.137. The zero-order chi connectivity index (χ0) is 18.9. The standard InChI is InChI=1S/C17H21N5O4/c1-12(22-11-18-10-19-22)17(26)21-14-8-6-13(7-9-14)20-15(23)4-2-3-5-16(24)25/h6-12H,2-5H2,1H3,(H,20,23)(H,21,26)(H,24,25). The maximum atomic E-state index is 12.2. The minimum atomic E-state index is -0.860. The minimum absolute atomic E-state index is 0.0642. The fourth-order valence-electron chi connectivity index (χ4n) is 2.21. The van der Waals surface area contributed by atoms with E-state index in [0.29, 0.717) is 24.2 Å². The van der Waals surface area contributed by atoms with E-state index < -0.39 is 12.0 Å². The van der Waals surface area contributed by atoms with Crippen LogP contribution in [0.1, 0.15) is 38.6 Å². The number of nitrogens with zero attached hydrogens (tertiary/aromatic N) is 3. The van der Waals surface area contributed by atoms with E-state index in [4.69, 9.17) is 5.11 Å². The summed E-state index contributed by atoms with van der Waals surface area (Å²) < 4.78 is 1.45. The lowest BCUT2D eigenvalue weighted by Crippen LogP contribution is -2.24. The van der Waals surface area contributed by atoms with Gasteiger partial charge in [0, 0.05) is 24.2 Å². The number of aliphatic carboxylic acids is 1. The van der Waals surface area contributed by atoms with Crippen LogP contribution in [0.5, 0.6) is 0 Å². The monoisotopic (exact) mass is 359 g/mol. The normalized spacial score (nSPS) is 11.6. The molecule has 0 bridgehead atoms. The first-order valence-corrected chi connectivity index (χ1v) is 8.22. The Balaban J connectivity index is 1.79. The first-order valence-electron chi connectivity index (χ1n) is 8.22. The Bertz CT molecular complexity index is 743. The van der Waals surface area contributed by atoms with Crippen LogP contribution in [0, 0.1) is 0 Å². The van der Waals surface area contributed by atoms with Crippen molar-refractivity contribution in [2.75, 3.05) is 10.6 Å². The van der Waals surface area contributed by atoms with Crippen LogP contribution in [-0.2, 0) is 14.4 Å². The van der Waals surface area contributed by atoms with Crippen LogP contribution in [0.2, 0.25) is 0 Å². The molecule has 1 aromatic carbocycles. The molecule has 2 aromatic rings. The highest BCUT2D eigenvalue weighted by Gasteiger charge is 2.15. The summed E-state index contributed by atoms with van der Waals surface area (Å²) in [7, 11) is 0. The van der Waals surface area contributed by atoms with Crippen LogP contribution in [0.4, 0.5) is 11.4 Å². The Hall–Kier alpha value is -3.23. The van der Waals surface area contributed by atoms with Gasteiger partial charge in [0.25, 0.3) is 0 Å². The predicted molar refractivity (Wildman–Crippen MR) is 94.5 cm³/mol. The number of carbonyl (C=O) groups is 3. The number of hydrogen-bond acceptors (Lipinski definition) is 5. The van der Waals surface area contributed by atoms with Crippen LogP contribution in [0.25, 0.3) is 0 Å². The Morgan fingerprint density at radius 2 is 1.69 bits per heavy atom. The van der Waals surface area contributed by atoms with Gasteiger partial charge in [0.15, 0.2) is 0 Å². The predicted octanol–water partition coefficient (Wildman–Crippen LogP) is 2.06. The summed E-state index contributed by atoms with van der Waals surface area (Å²) in [6.45, 7) is 1.71. The van der Waals surface area contributed by atoms with Crippen molar-refractivity contribution in [1.82, 2.24) is 14.8 Å². The van der Waals surface area contributed by atoms with Gasteiger partial charge in [-0.1, -0.05) is 0 Å². The lowest BCUT2D eigenvalue weighted by Gasteiger charge is -2.12. The number of benzene rings is 1. The SMILES string of the molecule is CC(C(=O)Nc1ccc(NC(=O)CCCCC(=O)O)cc1)n1cncn1. The van der Waals surface area contributed by atoms with Gasteiger partial charge in [-0.3, -0.25) is 14.4 Å². The van der Waals surface area contributed by atoms with Gasteiger partial charge < -0.3 is 15.7 Å². The maximum absolute atomic E-state index is 12.2. The van der Waals surface area contributed by atoms with Crippen molar-refractivity contribution in [2.24, 2.45) is 0 Å². The molecule has 9 heteroatoms. The third-order valence-electron chi connectivity index (χ3n) is 3.69. The van der Waals surface area contributed by atoms with Gasteiger partial charge in [0.1, 0.15) is 18.7 Å². The number of rotatable bonds is 9. The third-order valence-corrected chi connectivity index (χ3v) is 3.69. The number of aromatic nitrogens is 3. The van der Waals surface area contributed by atoms with Gasteiger partial charge in [0.2, 0.25) is 11.8 Å². The molecule has 26 heavy (non-hydrogen) atoms. The zero-order valence-electron chi connectivity index (χ0n) is 14.4. The molecule has 3 N–H and O–H groups in total. The number of amides is 2. The summed E-state index contributed by atoms with van der Waals surface area (Å²) in [4.78, 5) is 38.2. The molecule has 0 fully saturated rings. The number of carboxylic acids is 1. The first kappa shape index (κ1) is 19.1. The average Bonchev–Trinajstić information content (AvgIpc) is 3.14. The van der Waals surface area contributed by atoms with E-state index in [2.05, 4.69) is 20.7 Å². The van der Waals surface area contributed by atoms with Crippen molar-refractivity contribution in [3.05, 3.63) is 36.9 Å². The summed E-state index contributed by atoms with van der Waals surface area (Å²) in [5.41, 5.74) is 1.21. The van der Waals surface area contributed by atoms with Crippen molar-refractivity contribution in [3.63, 3.8) is 0 Å². The van der Waals surface area contributed by atoms with Gasteiger partial charge >= 0.3 is 5.97 Å². The van der Waals surface area contributed by atoms with Crippen molar-refractivity contribution >= 4 is 29.2 Å². The number of carboxylic acid groups (broad SMARTS) is 1. The summed E-state index contributed by atoms with van der Waals surface area (Å²) in [6, 6.07) is 6.25. The highest BCUT2D eigenvalue weighted by atomic mass is 16.4. The molecule has 0 aliphatic rings. The van der Waals surface area contributed by atoms with E-state index in [-0.39, 0.29) is 24.7 Å². The van der Waals surface area contributed by atoms with Crippen molar-refractivity contribution in [3.8, 4) is 0 Å². The largest absolute Gasteiger partial charge is 0.481 e. The van der Waals surface area contributed by atoms with Gasteiger partial charge in [-0.2, -0.15) is 5.10 Å². The molecule has 0 aliphatic heterocycles. The topological polar surface area (TPSA) is 126 Å². The van der Waals surface area contributed by atoms with Gasteiger partial charge in [-0.25, -0.2) is 9.67 Å². The van der Waals surface area contributed by atoms with E-state index in [0.717, 1.165) is 0 Å². The van der Waals surface area contributed by atoms with E-state index in [1.807, 2.05) is 0 Å². The molecule has 0 spiro atoms. The van der Waals surface area contributed by atoms with Crippen molar-refractivity contribution in [2.45, 2.75) is 38.6 Å². The Morgan fingerprint density at radius 1 is 1.08 bits per heavy atom. The summed E-state index contributed by atoms with van der Waals surface area (Å²) in [6.07, 6.45) is 4.16. The van der Waals surface area contributed by atoms with E-state index in [1.165, 1.54) is 17.3 Å². The number of hydrogen-bond donors (Lipinski definition) is 3. The zero-order valence-corrected chi connectivity index (χ0v) is 14.4. The minimum Gasteiger partial charge on any atom is -0.481 e. The molecule has 9 nitrogen and oxygen atoms in total. The van der Waals surface area contributed by atoms with Gasteiger partial charge in [-0.05, 0) is 44.0 Å². The van der Waals surface area contributed by atoms with Crippen LogP contribution < -0.4 is 10.6 Å². The maximum Gasteiger partial charge on any atom is 0.303 e.